The van der Waals surface area contributed by atoms with Crippen LogP contribution in [0, 0.1) is 0 Å². The molecule has 2 aromatic carbocycles. The topological polar surface area (TPSA) is 75.6 Å². The number of ether oxygens (including phenoxy) is 1. The lowest BCUT2D eigenvalue weighted by Gasteiger charge is -2.06. The number of phenols is 1. The van der Waals surface area contributed by atoms with Gasteiger partial charge in [-0.15, -0.1) is 0 Å². The van der Waals surface area contributed by atoms with Crippen molar-refractivity contribution in [2.24, 2.45) is 0 Å². The number of allylic oxidation sites excluding steroid dienone is 1. The second-order valence-electron chi connectivity index (χ2n) is 4.88. The summed E-state index contributed by atoms with van der Waals surface area (Å²) in [4.78, 5) is 23.3. The normalized spacial score (nSPS) is 10.5. The third-order valence-corrected chi connectivity index (χ3v) is 3.13. The summed E-state index contributed by atoms with van der Waals surface area (Å²) in [6.45, 7) is 1.37. The van der Waals surface area contributed by atoms with Crippen LogP contribution in [0.5, 0.6) is 11.5 Å². The minimum atomic E-state index is -0.356. The van der Waals surface area contributed by atoms with E-state index in [9.17, 15) is 14.7 Å². The van der Waals surface area contributed by atoms with Gasteiger partial charge in [-0.25, -0.2) is 0 Å². The number of nitrogens with one attached hydrogen (secondary N) is 1. The van der Waals surface area contributed by atoms with Crippen LogP contribution in [0.1, 0.15) is 22.8 Å². The monoisotopic (exact) mass is 311 g/mol. The third kappa shape index (κ3) is 4.44. The number of benzene rings is 2. The van der Waals surface area contributed by atoms with Crippen molar-refractivity contribution in [1.29, 1.82) is 0 Å². The Morgan fingerprint density at radius 1 is 1.13 bits per heavy atom. The van der Waals surface area contributed by atoms with Crippen LogP contribution in [-0.4, -0.2) is 23.9 Å². The van der Waals surface area contributed by atoms with E-state index in [4.69, 9.17) is 4.74 Å². The van der Waals surface area contributed by atoms with Gasteiger partial charge in [-0.05, 0) is 42.0 Å². The minimum absolute atomic E-state index is 0.126. The fourth-order valence-corrected chi connectivity index (χ4v) is 1.99. The molecule has 0 unspecified atom stereocenters. The van der Waals surface area contributed by atoms with Crippen LogP contribution < -0.4 is 10.1 Å². The standard InChI is InChI=1S/C18H17NO4/c1-12(20)19-14-6-10-18(22)16(11-14)17(21)9-5-13-3-7-15(23-2)8-4-13/h3-11,22H,1-2H3,(H,19,20). The van der Waals surface area contributed by atoms with Gasteiger partial charge in [0.2, 0.25) is 5.91 Å². The molecule has 0 saturated carbocycles. The number of phenolic OH excluding ortho intramolecular Hbond substituents is 1. The fraction of sp³-hybridized carbons (Fsp3) is 0.111. The van der Waals surface area contributed by atoms with Gasteiger partial charge in [0.15, 0.2) is 5.78 Å². The van der Waals surface area contributed by atoms with Crippen molar-refractivity contribution >= 4 is 23.5 Å². The van der Waals surface area contributed by atoms with Gasteiger partial charge in [-0.1, -0.05) is 18.2 Å². The van der Waals surface area contributed by atoms with Crippen molar-refractivity contribution in [3.8, 4) is 11.5 Å². The van der Waals surface area contributed by atoms with E-state index in [2.05, 4.69) is 5.32 Å². The van der Waals surface area contributed by atoms with Crippen molar-refractivity contribution in [2.45, 2.75) is 6.92 Å². The predicted octanol–water partition coefficient (Wildman–Crippen LogP) is 3.26. The molecule has 2 rings (SSSR count). The SMILES string of the molecule is COc1ccc(C=CC(=O)c2cc(NC(C)=O)ccc2O)cc1. The summed E-state index contributed by atoms with van der Waals surface area (Å²) in [5.41, 5.74) is 1.41. The molecule has 0 spiro atoms. The molecule has 0 saturated heterocycles. The first-order valence-electron chi connectivity index (χ1n) is 6.96. The molecule has 0 atom stereocenters. The fourth-order valence-electron chi connectivity index (χ4n) is 1.99. The minimum Gasteiger partial charge on any atom is -0.507 e. The van der Waals surface area contributed by atoms with Crippen LogP contribution in [0.4, 0.5) is 5.69 Å². The Hall–Kier alpha value is -3.08. The van der Waals surface area contributed by atoms with Gasteiger partial charge in [0.25, 0.3) is 0 Å². The summed E-state index contributed by atoms with van der Waals surface area (Å²) in [5.74, 6) is -0.00834. The van der Waals surface area contributed by atoms with E-state index in [0.717, 1.165) is 11.3 Å². The van der Waals surface area contributed by atoms with Crippen LogP contribution in [-0.2, 0) is 4.79 Å². The Morgan fingerprint density at radius 3 is 2.43 bits per heavy atom. The number of ketones is 1. The molecular formula is C18H17NO4. The Balaban J connectivity index is 2.18. The van der Waals surface area contributed by atoms with E-state index in [1.165, 1.54) is 31.2 Å². The molecule has 5 heteroatoms. The summed E-state index contributed by atoms with van der Waals surface area (Å²) in [6.07, 6.45) is 3.01. The highest BCUT2D eigenvalue weighted by molar-refractivity contribution is 6.09. The molecule has 23 heavy (non-hydrogen) atoms. The number of methoxy groups -OCH3 is 1. The largest absolute Gasteiger partial charge is 0.507 e. The summed E-state index contributed by atoms with van der Waals surface area (Å²) in [7, 11) is 1.58. The molecule has 5 nitrogen and oxygen atoms in total. The number of rotatable bonds is 5. The Kier molecular flexibility index (Phi) is 5.15. The molecule has 0 bridgehead atoms. The lowest BCUT2D eigenvalue weighted by molar-refractivity contribution is -0.114. The van der Waals surface area contributed by atoms with Crippen molar-refractivity contribution in [2.75, 3.05) is 12.4 Å². The van der Waals surface area contributed by atoms with Crippen molar-refractivity contribution in [3.05, 3.63) is 59.7 Å². The summed E-state index contributed by atoms with van der Waals surface area (Å²) < 4.78 is 5.07. The number of anilines is 1. The Bertz CT molecular complexity index is 748. The zero-order valence-corrected chi connectivity index (χ0v) is 12.9. The number of carbonyl (C=O) groups is 2. The van der Waals surface area contributed by atoms with Gasteiger partial charge in [0, 0.05) is 12.6 Å². The Labute approximate surface area is 134 Å². The molecule has 1 amide bonds. The number of carbonyl (C=O) groups excluding carboxylic acids is 2. The Morgan fingerprint density at radius 2 is 1.83 bits per heavy atom. The highest BCUT2D eigenvalue weighted by Crippen LogP contribution is 2.23. The molecule has 118 valence electrons. The van der Waals surface area contributed by atoms with Gasteiger partial charge in [0.1, 0.15) is 11.5 Å². The van der Waals surface area contributed by atoms with Crippen LogP contribution in [0.2, 0.25) is 0 Å². The lowest BCUT2D eigenvalue weighted by atomic mass is 10.1. The lowest BCUT2D eigenvalue weighted by Crippen LogP contribution is -2.06. The van der Waals surface area contributed by atoms with Gasteiger partial charge in [0.05, 0.1) is 12.7 Å². The highest BCUT2D eigenvalue weighted by Gasteiger charge is 2.10. The molecule has 0 aromatic heterocycles. The van der Waals surface area contributed by atoms with E-state index in [1.807, 2.05) is 12.1 Å². The van der Waals surface area contributed by atoms with Crippen molar-refractivity contribution in [3.63, 3.8) is 0 Å². The summed E-state index contributed by atoms with van der Waals surface area (Å²) >= 11 is 0. The van der Waals surface area contributed by atoms with Gasteiger partial charge >= 0.3 is 0 Å². The predicted molar refractivity (Wildman–Crippen MR) is 88.8 cm³/mol. The van der Waals surface area contributed by atoms with E-state index in [0.29, 0.717) is 5.69 Å². The smallest absolute Gasteiger partial charge is 0.221 e. The average molecular weight is 311 g/mol. The maximum absolute atomic E-state index is 12.2. The maximum Gasteiger partial charge on any atom is 0.221 e. The molecule has 0 aliphatic heterocycles. The molecule has 2 aromatic rings. The van der Waals surface area contributed by atoms with Crippen molar-refractivity contribution < 1.29 is 19.4 Å². The first-order chi connectivity index (χ1) is 11.0. The first kappa shape index (κ1) is 16.3. The summed E-state index contributed by atoms with van der Waals surface area (Å²) in [6, 6.07) is 11.6. The molecular weight excluding hydrogens is 294 g/mol. The molecule has 0 aliphatic carbocycles. The van der Waals surface area contributed by atoms with E-state index in [1.54, 1.807) is 25.3 Å². The molecule has 0 heterocycles. The van der Waals surface area contributed by atoms with Crippen molar-refractivity contribution in [1.82, 2.24) is 0 Å². The number of amides is 1. The average Bonchev–Trinajstić information content (AvgIpc) is 2.54. The zero-order chi connectivity index (χ0) is 16.8. The number of hydrogen-bond donors (Lipinski definition) is 2. The van der Waals surface area contributed by atoms with Gasteiger partial charge in [-0.3, -0.25) is 9.59 Å². The second-order valence-corrected chi connectivity index (χ2v) is 4.88. The third-order valence-electron chi connectivity index (χ3n) is 3.13. The first-order valence-corrected chi connectivity index (χ1v) is 6.96. The van der Waals surface area contributed by atoms with E-state index >= 15 is 0 Å². The quantitative estimate of drug-likeness (QED) is 0.505. The highest BCUT2D eigenvalue weighted by atomic mass is 16.5. The zero-order valence-electron chi connectivity index (χ0n) is 12.9. The van der Waals surface area contributed by atoms with Gasteiger partial charge < -0.3 is 15.2 Å². The van der Waals surface area contributed by atoms with E-state index in [-0.39, 0.29) is 23.0 Å². The van der Waals surface area contributed by atoms with Crippen LogP contribution >= 0.6 is 0 Å². The summed E-state index contributed by atoms with van der Waals surface area (Å²) in [5, 5.41) is 12.4. The molecule has 0 aliphatic rings. The van der Waals surface area contributed by atoms with Crippen LogP contribution in [0.3, 0.4) is 0 Å². The van der Waals surface area contributed by atoms with Crippen LogP contribution in [0.15, 0.2) is 48.5 Å². The van der Waals surface area contributed by atoms with Gasteiger partial charge in [-0.2, -0.15) is 0 Å². The van der Waals surface area contributed by atoms with Crippen LogP contribution in [0.25, 0.3) is 6.08 Å². The molecule has 2 N–H and O–H groups in total. The molecule has 0 fully saturated rings. The maximum atomic E-state index is 12.2. The van der Waals surface area contributed by atoms with E-state index < -0.39 is 0 Å². The molecule has 0 radical (unpaired) electrons. The number of aromatic hydroxyl groups is 1. The number of hydrogen-bond acceptors (Lipinski definition) is 4. The second kappa shape index (κ2) is 7.26.